The van der Waals surface area contributed by atoms with Crippen molar-refractivity contribution < 1.29 is 78.0 Å². The van der Waals surface area contributed by atoms with Crippen LogP contribution >= 0.6 is 64.8 Å². The number of aromatic hydroxyl groups is 2. The Morgan fingerprint density at radius 3 is 2.02 bits per heavy atom. The van der Waals surface area contributed by atoms with E-state index in [0.717, 1.165) is 43.2 Å². The maximum absolute atomic E-state index is 16.0. The van der Waals surface area contributed by atoms with E-state index >= 15 is 9.59 Å². The Morgan fingerprint density at radius 2 is 1.36 bits per heavy atom. The minimum absolute atomic E-state index is 0.0198. The Balaban J connectivity index is 1.43. The SMILES string of the molecule is C[C@@H]1NC(=O)[C@@H]2CCCN2C(=O)[C@H](CC(N)=O)NC2CSSCC3NCN(C3=O)C3CSSCC(N[C@@H]([C@@H](C)O)C(=O)NCC(=O)C(N[C@H](C=O)Cc4ccc(O)cc4)CSSCC2C(=O)[C@H](Cc2ccc(O)cc2)NN[C@@H](CCC(=O)O)C(=O)C3=O)C1=O. The molecular weight excluding hydrogens is 1280 g/mol. The van der Waals surface area contributed by atoms with Crippen LogP contribution in [0.1, 0.15) is 57.1 Å². The summed E-state index contributed by atoms with van der Waals surface area (Å²) in [5, 5.41) is 59.1. The fraction of sp³-hybridized carbons (Fsp3) is 0.571. The average molecular weight is 1350 g/mol. The maximum atomic E-state index is 16.0. The predicted octanol–water partition coefficient (Wildman–Crippen LogP) is -1.60. The van der Waals surface area contributed by atoms with E-state index in [2.05, 4.69) is 42.8 Å². The number of phenolic OH excluding ortho intramolecular Hbond substituents is 2. The number of carboxylic acid groups (broad SMARTS) is 1. The fourth-order valence-corrected chi connectivity index (χ4v) is 18.2. The van der Waals surface area contributed by atoms with Crippen LogP contribution in [0.15, 0.2) is 48.5 Å². The number of phenols is 2. The first-order chi connectivity index (χ1) is 42.5. The molecule has 0 spiro atoms. The molecule has 0 aromatic heterocycles. The number of benzene rings is 2. The number of rotatable bonds is 13. The van der Waals surface area contributed by atoms with Crippen molar-refractivity contribution >= 4 is 135 Å². The first-order valence-corrected chi connectivity index (χ1v) is 36.3. The predicted molar refractivity (Wildman–Crippen MR) is 339 cm³/mol. The number of aliphatic hydroxyl groups is 1. The van der Waals surface area contributed by atoms with Gasteiger partial charge in [-0.25, -0.2) is 10.9 Å². The van der Waals surface area contributed by atoms with Crippen molar-refractivity contribution in [1.29, 1.82) is 0 Å². The molecule has 5 heterocycles. The molecule has 89 heavy (non-hydrogen) atoms. The van der Waals surface area contributed by atoms with Gasteiger partial charge in [-0.2, -0.15) is 0 Å². The Kier molecular flexibility index (Phi) is 27.5. The Hall–Kier alpha value is -5.30. The largest absolute Gasteiger partial charge is 0.508 e. The van der Waals surface area contributed by atoms with Gasteiger partial charge in [-0.3, -0.25) is 68.7 Å². The molecule has 5 aliphatic rings. The van der Waals surface area contributed by atoms with E-state index in [4.69, 9.17) is 5.73 Å². The minimum atomic E-state index is -1.64. The number of carboxylic acids is 1. The molecular formula is C56H75N11O16S6. The van der Waals surface area contributed by atoms with E-state index in [1.165, 1.54) is 69.5 Å². The molecule has 14 atom stereocenters. The Bertz CT molecular complexity index is 2900. The molecule has 33 heteroatoms. The zero-order valence-electron chi connectivity index (χ0n) is 48.7. The smallest absolute Gasteiger partial charge is 0.303 e. The number of carbonyl (C=O) groups excluding carboxylic acids is 11. The molecule has 0 aliphatic carbocycles. The van der Waals surface area contributed by atoms with Crippen molar-refractivity contribution in [3.63, 3.8) is 0 Å². The molecule has 7 rings (SSSR count). The summed E-state index contributed by atoms with van der Waals surface area (Å²) in [4.78, 5) is 174. The van der Waals surface area contributed by atoms with Crippen LogP contribution in [0.2, 0.25) is 0 Å². The van der Waals surface area contributed by atoms with Crippen LogP contribution in [0.4, 0.5) is 0 Å². The number of aliphatic carboxylic acids is 1. The number of nitrogens with two attached hydrogens (primary N) is 1. The molecule has 27 nitrogen and oxygen atoms in total. The molecule has 5 amide bonds. The van der Waals surface area contributed by atoms with E-state index in [-0.39, 0.29) is 78.5 Å². The van der Waals surface area contributed by atoms with Crippen LogP contribution in [0.5, 0.6) is 11.5 Å². The third-order valence-corrected chi connectivity index (χ3v) is 23.0. The summed E-state index contributed by atoms with van der Waals surface area (Å²) in [7, 11) is 6.56. The highest BCUT2D eigenvalue weighted by atomic mass is 33.1. The van der Waals surface area contributed by atoms with Gasteiger partial charge >= 0.3 is 5.97 Å². The third-order valence-electron chi connectivity index (χ3n) is 15.7. The van der Waals surface area contributed by atoms with E-state index in [9.17, 15) is 68.4 Å². The number of hydrogen-bond acceptors (Lipinski definition) is 27. The van der Waals surface area contributed by atoms with Crippen LogP contribution < -0.4 is 48.5 Å². The second-order valence-corrected chi connectivity index (χ2v) is 29.8. The molecule has 5 fully saturated rings. The number of ketones is 5. The lowest BCUT2D eigenvalue weighted by molar-refractivity contribution is -0.144. The van der Waals surface area contributed by atoms with Crippen molar-refractivity contribution in [1.82, 2.24) is 52.6 Å². The van der Waals surface area contributed by atoms with Gasteiger partial charge in [0.05, 0.1) is 74.1 Å². The lowest BCUT2D eigenvalue weighted by Gasteiger charge is -2.35. The maximum Gasteiger partial charge on any atom is 0.303 e. The number of carbonyl (C=O) groups is 12. The summed E-state index contributed by atoms with van der Waals surface area (Å²) in [5.41, 5.74) is 12.8. The highest BCUT2D eigenvalue weighted by Gasteiger charge is 2.46. The van der Waals surface area contributed by atoms with Crippen molar-refractivity contribution in [2.24, 2.45) is 11.7 Å². The fourth-order valence-electron chi connectivity index (χ4n) is 10.7. The second kappa shape index (κ2) is 34.4. The Labute approximate surface area is 537 Å². The van der Waals surface area contributed by atoms with E-state index in [1.807, 2.05) is 0 Å². The van der Waals surface area contributed by atoms with Crippen molar-refractivity contribution in [2.45, 2.75) is 137 Å². The summed E-state index contributed by atoms with van der Waals surface area (Å²) >= 11 is 0. The van der Waals surface area contributed by atoms with Gasteiger partial charge in [0, 0.05) is 59.4 Å². The lowest BCUT2D eigenvalue weighted by Crippen LogP contribution is -2.61. The van der Waals surface area contributed by atoms with Gasteiger partial charge in [-0.1, -0.05) is 89.0 Å². The summed E-state index contributed by atoms with van der Waals surface area (Å²) in [6, 6.07) is -3.90. The monoisotopic (exact) mass is 1350 g/mol. The third kappa shape index (κ3) is 20.1. The number of primary amides is 1. The van der Waals surface area contributed by atoms with E-state index < -0.39 is 175 Å². The summed E-state index contributed by atoms with van der Waals surface area (Å²) in [6.07, 6.45) is -2.35. The zero-order valence-corrected chi connectivity index (χ0v) is 53.6. The molecule has 2 aromatic carbocycles. The van der Waals surface area contributed by atoms with Crippen molar-refractivity contribution in [2.75, 3.05) is 54.3 Å². The molecule has 14 N–H and O–H groups in total. The van der Waals surface area contributed by atoms with Gasteiger partial charge in [0.1, 0.15) is 35.9 Å². The van der Waals surface area contributed by atoms with Crippen molar-refractivity contribution in [3.05, 3.63) is 59.7 Å². The molecule has 6 unspecified atom stereocenters. The number of aliphatic hydroxyl groups excluding tert-OH is 1. The molecule has 5 aliphatic heterocycles. The highest BCUT2D eigenvalue weighted by Crippen LogP contribution is 2.34. The normalized spacial score (nSPS) is 29.8. The minimum Gasteiger partial charge on any atom is -0.508 e. The summed E-state index contributed by atoms with van der Waals surface area (Å²) < 4.78 is 0. The molecule has 0 saturated carbocycles. The van der Waals surface area contributed by atoms with Gasteiger partial charge in [0.25, 0.3) is 0 Å². The van der Waals surface area contributed by atoms with Gasteiger partial charge in [0.2, 0.25) is 41.1 Å². The second-order valence-electron chi connectivity index (χ2n) is 22.2. The van der Waals surface area contributed by atoms with Crippen LogP contribution in [0.3, 0.4) is 0 Å². The van der Waals surface area contributed by atoms with Gasteiger partial charge in [-0.15, -0.1) is 0 Å². The molecule has 0 radical (unpaired) electrons. The number of Topliss-reactive ketones (excluding diaryl/α,β-unsaturated/α-hetero) is 5. The average Bonchev–Trinajstić information content (AvgIpc) is 2.45. The molecule has 5 bridgehead atoms. The van der Waals surface area contributed by atoms with Crippen LogP contribution in [0.25, 0.3) is 0 Å². The van der Waals surface area contributed by atoms with E-state index in [1.54, 1.807) is 24.3 Å². The topological polar surface area (TPSA) is 414 Å². The van der Waals surface area contributed by atoms with Crippen LogP contribution in [-0.4, -0.2) is 234 Å². The molecule has 486 valence electrons. The number of amides is 5. The van der Waals surface area contributed by atoms with E-state index in [0.29, 0.717) is 23.8 Å². The highest BCUT2D eigenvalue weighted by molar-refractivity contribution is 8.77. The zero-order chi connectivity index (χ0) is 64.5. The molecule has 5 saturated heterocycles. The number of fused-ring (bicyclic) bond motifs is 9. The number of hydrogen-bond donors (Lipinski definition) is 13. The Morgan fingerprint density at radius 1 is 0.730 bits per heavy atom. The summed E-state index contributed by atoms with van der Waals surface area (Å²) in [5.74, 6) is -11.5. The van der Waals surface area contributed by atoms with Crippen molar-refractivity contribution in [3.8, 4) is 11.5 Å². The number of hydrazine groups is 1. The van der Waals surface area contributed by atoms with Crippen LogP contribution in [-0.2, 0) is 70.4 Å². The standard InChI is InChI=1S/C56H75N11O16S6/c1-28-49(76)41-24-87-89-26-44-52(79)51(78)36(13-14-47(74)75)64-65-37(17-31-7-11-34(71)12-8-31)50(77)35(21-84-86-23-40(45(72)19-58-54(81)48(63-41)29(2)69)61-32(20-68)16-30-5-9-33(70)10-6-30)39(22-85-88-25-42-56(83)67(44)27-59-42)62-38(18-46(57)73)55(82)66-15-3-4-43(66)53(80)60-28/h5-12,20,28-29,32,35-44,48,59,61-65,69-71H,3-4,13-19,21-27H2,1-2H3,(H2,57,73)(H,58,81)(H,60,80)(H,74,75)/t28-,29+,32-,35?,36-,37-,38-,39?,40?,41?,42?,43-,44?,48-/m0/s1. The number of nitrogens with one attached hydrogen (secondary N) is 8. The lowest BCUT2D eigenvalue weighted by atomic mass is 9.89. The number of nitrogens with zero attached hydrogens (tertiary/aromatic N) is 2. The summed E-state index contributed by atoms with van der Waals surface area (Å²) in [6.45, 7) is 1.82. The number of aldehydes is 1. The van der Waals surface area contributed by atoms with Gasteiger partial charge < -0.3 is 56.7 Å². The van der Waals surface area contributed by atoms with Crippen LogP contribution in [0, 0.1) is 5.92 Å². The molecule has 2 aromatic rings. The first-order valence-electron chi connectivity index (χ1n) is 28.9. The first kappa shape index (κ1) is 71.1. The van der Waals surface area contributed by atoms with Gasteiger partial charge in [0.15, 0.2) is 17.3 Å². The quantitative estimate of drug-likeness (QED) is 0.0610. The van der Waals surface area contributed by atoms with Gasteiger partial charge in [-0.05, 0) is 81.3 Å².